The highest BCUT2D eigenvalue weighted by atomic mass is 35.5. The number of anilines is 1. The van der Waals surface area contributed by atoms with Crippen LogP contribution in [0.1, 0.15) is 16.7 Å². The molecule has 2 nitrogen and oxygen atoms in total. The molecule has 0 saturated carbocycles. The van der Waals surface area contributed by atoms with Crippen molar-refractivity contribution in [1.82, 2.24) is 0 Å². The van der Waals surface area contributed by atoms with Gasteiger partial charge in [-0.2, -0.15) is 5.26 Å². The molecule has 0 amide bonds. The van der Waals surface area contributed by atoms with Crippen LogP contribution in [0.15, 0.2) is 36.4 Å². The summed E-state index contributed by atoms with van der Waals surface area (Å²) in [4.78, 5) is 0. The summed E-state index contributed by atoms with van der Waals surface area (Å²) in [5.41, 5.74) is 2.32. The van der Waals surface area contributed by atoms with Gasteiger partial charge >= 0.3 is 0 Å². The Morgan fingerprint density at radius 3 is 2.79 bits per heavy atom. The number of nitriles is 1. The van der Waals surface area contributed by atoms with E-state index in [-0.39, 0.29) is 5.56 Å². The summed E-state index contributed by atoms with van der Waals surface area (Å²) in [6.07, 6.45) is 0. The number of hydrogen-bond acceptors (Lipinski definition) is 2. The minimum Gasteiger partial charge on any atom is -0.381 e. The van der Waals surface area contributed by atoms with Crippen LogP contribution in [0.5, 0.6) is 0 Å². The van der Waals surface area contributed by atoms with Gasteiger partial charge in [0.25, 0.3) is 0 Å². The van der Waals surface area contributed by atoms with Crippen LogP contribution in [-0.2, 0) is 6.54 Å². The van der Waals surface area contributed by atoms with Crippen molar-refractivity contribution in [2.24, 2.45) is 0 Å². The molecular formula is C15H12ClFN2. The van der Waals surface area contributed by atoms with Crippen molar-refractivity contribution in [3.05, 3.63) is 63.9 Å². The molecule has 0 heterocycles. The van der Waals surface area contributed by atoms with Crippen LogP contribution in [-0.4, -0.2) is 0 Å². The first-order valence-corrected chi connectivity index (χ1v) is 6.17. The SMILES string of the molecule is Cc1ccc(NCc2cccc(C#N)c2F)cc1Cl. The molecule has 0 fully saturated rings. The Kier molecular flexibility index (Phi) is 4.03. The summed E-state index contributed by atoms with van der Waals surface area (Å²) in [6.45, 7) is 2.23. The van der Waals surface area contributed by atoms with Crippen LogP contribution in [0.3, 0.4) is 0 Å². The van der Waals surface area contributed by atoms with Gasteiger partial charge in [0.1, 0.15) is 11.9 Å². The van der Waals surface area contributed by atoms with Gasteiger partial charge in [-0.25, -0.2) is 4.39 Å². The van der Waals surface area contributed by atoms with E-state index in [1.165, 1.54) is 6.07 Å². The van der Waals surface area contributed by atoms with Crippen molar-refractivity contribution < 1.29 is 4.39 Å². The van der Waals surface area contributed by atoms with Crippen LogP contribution in [0.25, 0.3) is 0 Å². The van der Waals surface area contributed by atoms with Gasteiger partial charge in [0.05, 0.1) is 5.56 Å². The number of benzene rings is 2. The Morgan fingerprint density at radius 1 is 1.32 bits per heavy atom. The smallest absolute Gasteiger partial charge is 0.145 e. The van der Waals surface area contributed by atoms with Gasteiger partial charge in [-0.1, -0.05) is 29.8 Å². The Balaban J connectivity index is 2.15. The van der Waals surface area contributed by atoms with E-state index in [2.05, 4.69) is 5.32 Å². The van der Waals surface area contributed by atoms with Gasteiger partial charge in [0.2, 0.25) is 0 Å². The lowest BCUT2D eigenvalue weighted by Gasteiger charge is -2.09. The van der Waals surface area contributed by atoms with Crippen LogP contribution < -0.4 is 5.32 Å². The predicted molar refractivity (Wildman–Crippen MR) is 74.6 cm³/mol. The average molecular weight is 275 g/mol. The molecule has 2 aromatic carbocycles. The maximum atomic E-state index is 13.8. The summed E-state index contributed by atoms with van der Waals surface area (Å²) in [6, 6.07) is 12.2. The molecular weight excluding hydrogens is 263 g/mol. The van der Waals surface area contributed by atoms with Gasteiger partial charge in [0, 0.05) is 22.8 Å². The number of rotatable bonds is 3. The quantitative estimate of drug-likeness (QED) is 0.907. The summed E-state index contributed by atoms with van der Waals surface area (Å²) in [5.74, 6) is -0.476. The maximum absolute atomic E-state index is 13.8. The van der Waals surface area contributed by atoms with E-state index in [1.807, 2.05) is 25.1 Å². The topological polar surface area (TPSA) is 35.8 Å². The molecule has 1 N–H and O–H groups in total. The van der Waals surface area contributed by atoms with Crippen molar-refractivity contribution in [3.63, 3.8) is 0 Å². The summed E-state index contributed by atoms with van der Waals surface area (Å²) in [7, 11) is 0. The first-order chi connectivity index (χ1) is 9.11. The fourth-order valence-electron chi connectivity index (χ4n) is 1.70. The normalized spacial score (nSPS) is 10.0. The first-order valence-electron chi connectivity index (χ1n) is 5.79. The van der Waals surface area contributed by atoms with Crippen LogP contribution >= 0.6 is 11.6 Å². The van der Waals surface area contributed by atoms with Crippen molar-refractivity contribution in [1.29, 1.82) is 5.26 Å². The fourth-order valence-corrected chi connectivity index (χ4v) is 1.88. The number of aryl methyl sites for hydroxylation is 1. The molecule has 0 unspecified atom stereocenters. The van der Waals surface area contributed by atoms with E-state index >= 15 is 0 Å². The van der Waals surface area contributed by atoms with Crippen molar-refractivity contribution >= 4 is 17.3 Å². The molecule has 0 aliphatic carbocycles. The molecule has 0 saturated heterocycles. The van der Waals surface area contributed by atoms with E-state index in [0.29, 0.717) is 17.1 Å². The van der Waals surface area contributed by atoms with E-state index in [0.717, 1.165) is 11.3 Å². The van der Waals surface area contributed by atoms with Gasteiger partial charge in [0.15, 0.2) is 0 Å². The molecule has 2 aromatic rings. The molecule has 0 aliphatic heterocycles. The molecule has 96 valence electrons. The maximum Gasteiger partial charge on any atom is 0.145 e. The van der Waals surface area contributed by atoms with E-state index in [9.17, 15) is 4.39 Å². The van der Waals surface area contributed by atoms with Crippen molar-refractivity contribution in [3.8, 4) is 6.07 Å². The lowest BCUT2D eigenvalue weighted by Crippen LogP contribution is -2.03. The molecule has 19 heavy (non-hydrogen) atoms. The minimum atomic E-state index is -0.476. The Bertz CT molecular complexity index is 647. The zero-order valence-electron chi connectivity index (χ0n) is 10.4. The van der Waals surface area contributed by atoms with Crippen LogP contribution in [0.2, 0.25) is 5.02 Å². The summed E-state index contributed by atoms with van der Waals surface area (Å²) >= 11 is 6.02. The third kappa shape index (κ3) is 3.04. The summed E-state index contributed by atoms with van der Waals surface area (Å²) in [5, 5.41) is 12.5. The Morgan fingerprint density at radius 2 is 2.11 bits per heavy atom. The molecule has 0 aliphatic rings. The summed E-state index contributed by atoms with van der Waals surface area (Å²) < 4.78 is 13.8. The lowest BCUT2D eigenvalue weighted by atomic mass is 10.1. The number of nitrogens with zero attached hydrogens (tertiary/aromatic N) is 1. The van der Waals surface area contributed by atoms with Crippen LogP contribution in [0.4, 0.5) is 10.1 Å². The second-order valence-corrected chi connectivity index (χ2v) is 4.62. The van der Waals surface area contributed by atoms with Crippen LogP contribution in [0, 0.1) is 24.1 Å². The zero-order valence-corrected chi connectivity index (χ0v) is 11.1. The number of halogens is 2. The third-order valence-electron chi connectivity index (χ3n) is 2.85. The number of nitrogens with one attached hydrogen (secondary N) is 1. The average Bonchev–Trinajstić information content (AvgIpc) is 2.41. The minimum absolute atomic E-state index is 0.0567. The molecule has 2 rings (SSSR count). The van der Waals surface area contributed by atoms with Gasteiger partial charge in [-0.15, -0.1) is 0 Å². The molecule has 4 heteroatoms. The highest BCUT2D eigenvalue weighted by molar-refractivity contribution is 6.31. The van der Waals surface area contributed by atoms with Crippen molar-refractivity contribution in [2.75, 3.05) is 5.32 Å². The molecule has 0 bridgehead atoms. The van der Waals surface area contributed by atoms with E-state index < -0.39 is 5.82 Å². The second kappa shape index (κ2) is 5.73. The first kappa shape index (κ1) is 13.4. The number of hydrogen-bond donors (Lipinski definition) is 1. The monoisotopic (exact) mass is 274 g/mol. The van der Waals surface area contributed by atoms with E-state index in [1.54, 1.807) is 18.2 Å². The largest absolute Gasteiger partial charge is 0.381 e. The molecule has 0 aromatic heterocycles. The fraction of sp³-hybridized carbons (Fsp3) is 0.133. The lowest BCUT2D eigenvalue weighted by molar-refractivity contribution is 0.609. The van der Waals surface area contributed by atoms with Crippen molar-refractivity contribution in [2.45, 2.75) is 13.5 Å². The molecule has 0 radical (unpaired) electrons. The standard InChI is InChI=1S/C15H12ClFN2/c1-10-5-6-13(7-14(10)16)19-9-12-4-2-3-11(8-18)15(12)17/h2-7,19H,9H2,1H3. The second-order valence-electron chi connectivity index (χ2n) is 4.21. The van der Waals surface area contributed by atoms with E-state index in [4.69, 9.17) is 16.9 Å². The molecule has 0 atom stereocenters. The third-order valence-corrected chi connectivity index (χ3v) is 3.26. The highest BCUT2D eigenvalue weighted by Crippen LogP contribution is 2.21. The Labute approximate surface area is 116 Å². The molecule has 0 spiro atoms. The van der Waals surface area contributed by atoms with Gasteiger partial charge < -0.3 is 5.32 Å². The Hall–Kier alpha value is -2.05. The zero-order chi connectivity index (χ0) is 13.8. The predicted octanol–water partition coefficient (Wildman–Crippen LogP) is 4.27. The van der Waals surface area contributed by atoms with Gasteiger partial charge in [-0.05, 0) is 30.7 Å². The highest BCUT2D eigenvalue weighted by Gasteiger charge is 2.07. The van der Waals surface area contributed by atoms with Gasteiger partial charge in [-0.3, -0.25) is 0 Å².